The average molecular weight is 428 g/mol. The van der Waals surface area contributed by atoms with Gasteiger partial charge in [-0.2, -0.15) is 4.98 Å². The maximum absolute atomic E-state index is 12.9. The third-order valence-electron chi connectivity index (χ3n) is 4.92. The lowest BCUT2D eigenvalue weighted by molar-refractivity contribution is -0.384. The van der Waals surface area contributed by atoms with E-state index in [1.165, 1.54) is 24.3 Å². The molecule has 0 spiro atoms. The Hall–Kier alpha value is -4.33. The van der Waals surface area contributed by atoms with Gasteiger partial charge in [-0.1, -0.05) is 65.3 Å². The number of non-ortho nitro benzene ring substituents is 1. The summed E-state index contributed by atoms with van der Waals surface area (Å²) in [6, 6.07) is 22.3. The van der Waals surface area contributed by atoms with Crippen molar-refractivity contribution in [3.05, 3.63) is 112 Å². The number of aromatic nitrogens is 2. The van der Waals surface area contributed by atoms with Crippen molar-refractivity contribution in [2.24, 2.45) is 0 Å². The van der Waals surface area contributed by atoms with Gasteiger partial charge in [0.15, 0.2) is 0 Å². The molecule has 0 saturated heterocycles. The number of carbonyl (C=O) groups is 1. The zero-order valence-electron chi connectivity index (χ0n) is 17.3. The Balaban J connectivity index is 1.63. The van der Waals surface area contributed by atoms with Crippen LogP contribution in [0.3, 0.4) is 0 Å². The minimum Gasteiger partial charge on any atom is -0.340 e. The fourth-order valence-electron chi connectivity index (χ4n) is 3.33. The lowest BCUT2D eigenvalue weighted by Crippen LogP contribution is -2.30. The number of nitro groups is 1. The Morgan fingerprint density at radius 1 is 1.06 bits per heavy atom. The zero-order valence-corrected chi connectivity index (χ0v) is 17.3. The van der Waals surface area contributed by atoms with E-state index in [-0.39, 0.29) is 17.1 Å². The van der Waals surface area contributed by atoms with Crippen molar-refractivity contribution in [1.29, 1.82) is 0 Å². The van der Waals surface area contributed by atoms with Crippen LogP contribution < -0.4 is 5.32 Å². The van der Waals surface area contributed by atoms with Gasteiger partial charge in [0.1, 0.15) is 6.04 Å². The normalized spacial score (nSPS) is 11.7. The summed E-state index contributed by atoms with van der Waals surface area (Å²) in [7, 11) is 0. The van der Waals surface area contributed by atoms with Gasteiger partial charge in [0.25, 0.3) is 11.6 Å². The first-order valence-electron chi connectivity index (χ1n) is 9.99. The summed E-state index contributed by atoms with van der Waals surface area (Å²) in [4.78, 5) is 27.9. The smallest absolute Gasteiger partial charge is 0.270 e. The van der Waals surface area contributed by atoms with Gasteiger partial charge in [-0.3, -0.25) is 14.9 Å². The zero-order chi connectivity index (χ0) is 22.5. The van der Waals surface area contributed by atoms with Crippen molar-refractivity contribution in [2.75, 3.05) is 0 Å². The monoisotopic (exact) mass is 428 g/mol. The number of rotatable bonds is 7. The summed E-state index contributed by atoms with van der Waals surface area (Å²) in [6.45, 7) is 1.97. The number of benzene rings is 3. The van der Waals surface area contributed by atoms with E-state index in [1.54, 1.807) is 0 Å². The highest BCUT2D eigenvalue weighted by molar-refractivity contribution is 5.95. The number of hydrogen-bond donors (Lipinski definition) is 1. The van der Waals surface area contributed by atoms with E-state index < -0.39 is 16.9 Å². The first-order chi connectivity index (χ1) is 15.5. The molecule has 0 aliphatic rings. The molecule has 1 N–H and O–H groups in total. The molecular formula is C24H20N4O4. The number of amides is 1. The van der Waals surface area contributed by atoms with Crippen LogP contribution in [0.25, 0.3) is 11.4 Å². The Morgan fingerprint density at radius 2 is 1.84 bits per heavy atom. The molecule has 1 aromatic heterocycles. The van der Waals surface area contributed by atoms with Crippen molar-refractivity contribution in [3.8, 4) is 11.4 Å². The molecule has 0 radical (unpaired) electrons. The molecule has 8 nitrogen and oxygen atoms in total. The quantitative estimate of drug-likeness (QED) is 0.338. The van der Waals surface area contributed by atoms with E-state index in [0.717, 1.165) is 16.7 Å². The van der Waals surface area contributed by atoms with Crippen LogP contribution in [-0.4, -0.2) is 21.0 Å². The minimum atomic E-state index is -0.616. The largest absolute Gasteiger partial charge is 0.340 e. The van der Waals surface area contributed by atoms with E-state index >= 15 is 0 Å². The molecule has 8 heteroatoms. The second kappa shape index (κ2) is 9.22. The molecule has 4 rings (SSSR count). The van der Waals surface area contributed by atoms with Gasteiger partial charge in [-0.15, -0.1) is 0 Å². The predicted molar refractivity (Wildman–Crippen MR) is 118 cm³/mol. The summed E-state index contributed by atoms with van der Waals surface area (Å²) in [6.07, 6.45) is 0.414. The second-order valence-electron chi connectivity index (χ2n) is 7.35. The molecule has 0 bridgehead atoms. The Labute approximate surface area is 184 Å². The molecule has 3 aromatic carbocycles. The average Bonchev–Trinajstić information content (AvgIpc) is 3.30. The van der Waals surface area contributed by atoms with Crippen molar-refractivity contribution in [1.82, 2.24) is 15.5 Å². The van der Waals surface area contributed by atoms with Crippen LogP contribution in [0.4, 0.5) is 5.69 Å². The highest BCUT2D eigenvalue weighted by Crippen LogP contribution is 2.23. The molecule has 1 unspecified atom stereocenters. The van der Waals surface area contributed by atoms with Gasteiger partial charge >= 0.3 is 0 Å². The van der Waals surface area contributed by atoms with Crippen LogP contribution in [-0.2, 0) is 6.42 Å². The lowest BCUT2D eigenvalue weighted by atomic mass is 10.0. The Bertz CT molecular complexity index is 1250. The van der Waals surface area contributed by atoms with Gasteiger partial charge in [0.05, 0.1) is 4.92 Å². The molecule has 1 heterocycles. The highest BCUT2D eigenvalue weighted by atomic mass is 16.6. The summed E-state index contributed by atoms with van der Waals surface area (Å²) in [5.74, 6) is 0.209. The molecule has 1 atom stereocenters. The number of carbonyl (C=O) groups excluding carboxylic acids is 1. The predicted octanol–water partition coefficient (Wildman–Crippen LogP) is 4.67. The summed E-state index contributed by atoms with van der Waals surface area (Å²) < 4.78 is 5.51. The molecule has 0 aliphatic carbocycles. The maximum atomic E-state index is 12.9. The SMILES string of the molecule is Cc1cccc(-c2noc(C(Cc3ccccc3)NC(=O)c3cccc([N+](=O)[O-])c3)n2)c1. The summed E-state index contributed by atoms with van der Waals surface area (Å²) in [5.41, 5.74) is 2.86. The van der Waals surface area contributed by atoms with Gasteiger partial charge in [0.2, 0.25) is 11.7 Å². The molecule has 32 heavy (non-hydrogen) atoms. The van der Waals surface area contributed by atoms with Crippen molar-refractivity contribution in [3.63, 3.8) is 0 Å². The molecular weight excluding hydrogens is 408 g/mol. The first kappa shape index (κ1) is 20.9. The lowest BCUT2D eigenvalue weighted by Gasteiger charge is -2.15. The summed E-state index contributed by atoms with van der Waals surface area (Å²) >= 11 is 0. The number of nitrogens with one attached hydrogen (secondary N) is 1. The van der Waals surface area contributed by atoms with Crippen LogP contribution in [0.1, 0.15) is 33.4 Å². The van der Waals surface area contributed by atoms with E-state index in [1.807, 2.05) is 61.5 Å². The Kier molecular flexibility index (Phi) is 6.03. The number of nitrogens with zero attached hydrogens (tertiary/aromatic N) is 3. The minimum absolute atomic E-state index is 0.156. The Morgan fingerprint density at radius 3 is 2.59 bits per heavy atom. The van der Waals surface area contributed by atoms with Crippen molar-refractivity contribution >= 4 is 11.6 Å². The molecule has 0 saturated carbocycles. The molecule has 0 aliphatic heterocycles. The number of nitro benzene ring substituents is 1. The fraction of sp³-hybridized carbons (Fsp3) is 0.125. The first-order valence-corrected chi connectivity index (χ1v) is 9.99. The molecule has 160 valence electrons. The van der Waals surface area contributed by atoms with Crippen LogP contribution >= 0.6 is 0 Å². The van der Waals surface area contributed by atoms with Gasteiger partial charge in [-0.05, 0) is 24.6 Å². The van der Waals surface area contributed by atoms with Crippen LogP contribution in [0, 0.1) is 17.0 Å². The third-order valence-corrected chi connectivity index (χ3v) is 4.92. The van der Waals surface area contributed by atoms with E-state index in [2.05, 4.69) is 15.5 Å². The van der Waals surface area contributed by atoms with Gasteiger partial charge in [0, 0.05) is 29.7 Å². The molecule has 4 aromatic rings. The highest BCUT2D eigenvalue weighted by Gasteiger charge is 2.24. The van der Waals surface area contributed by atoms with E-state index in [9.17, 15) is 14.9 Å². The van der Waals surface area contributed by atoms with E-state index in [4.69, 9.17) is 4.52 Å². The third kappa shape index (κ3) is 4.86. The molecule has 1 amide bonds. The van der Waals surface area contributed by atoms with Crippen LogP contribution in [0.5, 0.6) is 0 Å². The van der Waals surface area contributed by atoms with Crippen LogP contribution in [0.15, 0.2) is 83.4 Å². The van der Waals surface area contributed by atoms with Crippen molar-refractivity contribution < 1.29 is 14.2 Å². The summed E-state index contributed by atoms with van der Waals surface area (Å²) in [5, 5.41) is 18.0. The number of aryl methyl sites for hydroxylation is 1. The maximum Gasteiger partial charge on any atom is 0.270 e. The second-order valence-corrected chi connectivity index (χ2v) is 7.35. The number of hydrogen-bond acceptors (Lipinski definition) is 6. The molecule has 0 fully saturated rings. The fourth-order valence-corrected chi connectivity index (χ4v) is 3.33. The topological polar surface area (TPSA) is 111 Å². The van der Waals surface area contributed by atoms with Gasteiger partial charge in [-0.25, -0.2) is 0 Å². The standard InChI is InChI=1S/C24H20N4O4/c1-16-7-5-10-18(13-16)22-26-24(32-27-22)21(14-17-8-3-2-4-9-17)25-23(29)19-11-6-12-20(15-19)28(30)31/h2-13,15,21H,14H2,1H3,(H,25,29). The van der Waals surface area contributed by atoms with Gasteiger partial charge < -0.3 is 9.84 Å². The van der Waals surface area contributed by atoms with Crippen molar-refractivity contribution in [2.45, 2.75) is 19.4 Å². The van der Waals surface area contributed by atoms with E-state index in [0.29, 0.717) is 12.2 Å². The van der Waals surface area contributed by atoms with Crippen LogP contribution in [0.2, 0.25) is 0 Å².